The van der Waals surface area contributed by atoms with E-state index < -0.39 is 11.9 Å². The quantitative estimate of drug-likeness (QED) is 0.191. The van der Waals surface area contributed by atoms with Crippen molar-refractivity contribution in [1.82, 2.24) is 0 Å². The SMILES string of the molecule is CCCCC(=O)O.CCCCCCCC/C=C\CCCCCCCC(=O)O. The Balaban J connectivity index is 0. The lowest BCUT2D eigenvalue weighted by molar-refractivity contribution is -0.138. The second-order valence-corrected chi connectivity index (χ2v) is 7.23. The third kappa shape index (κ3) is 32.8. The van der Waals surface area contributed by atoms with Crippen LogP contribution in [0.2, 0.25) is 0 Å². The van der Waals surface area contributed by atoms with Crippen LogP contribution in [0.15, 0.2) is 12.2 Å². The van der Waals surface area contributed by atoms with Gasteiger partial charge in [0.05, 0.1) is 0 Å². The van der Waals surface area contributed by atoms with E-state index in [0.717, 1.165) is 25.7 Å². The molecule has 0 aliphatic heterocycles. The van der Waals surface area contributed by atoms with Crippen molar-refractivity contribution in [2.45, 2.75) is 123 Å². The zero-order chi connectivity index (χ0) is 20.6. The molecule has 0 saturated carbocycles. The standard InChI is InChI=1S/C18H34O2.C5H10O2/c1-2-3-4-5-6-7-8-9-10-11-12-13-14-15-16-17-18(19)20;1-2-3-4-5(6)7/h9-10H,2-8,11-17H2,1H3,(H,19,20);2-4H2,1H3,(H,6,7)/b10-9-;. The van der Waals surface area contributed by atoms with Gasteiger partial charge in [-0.15, -0.1) is 0 Å². The van der Waals surface area contributed by atoms with Crippen LogP contribution in [0.5, 0.6) is 0 Å². The van der Waals surface area contributed by atoms with Gasteiger partial charge in [0.1, 0.15) is 0 Å². The van der Waals surface area contributed by atoms with Gasteiger partial charge in [-0.2, -0.15) is 0 Å². The predicted octanol–water partition coefficient (Wildman–Crippen LogP) is 7.37. The first kappa shape index (κ1) is 27.9. The summed E-state index contributed by atoms with van der Waals surface area (Å²) in [6.45, 7) is 4.23. The van der Waals surface area contributed by atoms with Gasteiger partial charge < -0.3 is 10.2 Å². The van der Waals surface area contributed by atoms with E-state index in [0.29, 0.717) is 12.8 Å². The maximum atomic E-state index is 10.3. The maximum Gasteiger partial charge on any atom is 0.303 e. The van der Waals surface area contributed by atoms with E-state index in [9.17, 15) is 9.59 Å². The molecule has 0 aromatic carbocycles. The van der Waals surface area contributed by atoms with Gasteiger partial charge in [-0.05, 0) is 38.5 Å². The summed E-state index contributed by atoms with van der Waals surface area (Å²) in [5, 5.41) is 16.6. The fraction of sp³-hybridized carbons (Fsp3) is 0.826. The number of hydrogen-bond acceptors (Lipinski definition) is 2. The zero-order valence-electron chi connectivity index (χ0n) is 17.9. The molecule has 4 heteroatoms. The number of unbranched alkanes of at least 4 members (excludes halogenated alkanes) is 12. The highest BCUT2D eigenvalue weighted by Gasteiger charge is 1.96. The minimum absolute atomic E-state index is 0.316. The summed E-state index contributed by atoms with van der Waals surface area (Å²) in [6, 6.07) is 0. The molecular formula is C23H44O4. The van der Waals surface area contributed by atoms with Gasteiger partial charge in [0.2, 0.25) is 0 Å². The summed E-state index contributed by atoms with van der Waals surface area (Å²) in [4.78, 5) is 20.1. The molecule has 0 fully saturated rings. The lowest BCUT2D eigenvalue weighted by Crippen LogP contribution is -1.93. The van der Waals surface area contributed by atoms with Crippen LogP contribution in [0, 0.1) is 0 Å². The van der Waals surface area contributed by atoms with Crippen molar-refractivity contribution in [3.63, 3.8) is 0 Å². The average molecular weight is 385 g/mol. The molecule has 0 aliphatic rings. The fourth-order valence-electron chi connectivity index (χ4n) is 2.67. The molecule has 0 unspecified atom stereocenters. The molecule has 0 heterocycles. The van der Waals surface area contributed by atoms with Gasteiger partial charge >= 0.3 is 11.9 Å². The molecule has 0 aromatic rings. The van der Waals surface area contributed by atoms with Gasteiger partial charge in [0, 0.05) is 12.8 Å². The maximum absolute atomic E-state index is 10.3. The third-order valence-corrected chi connectivity index (χ3v) is 4.40. The van der Waals surface area contributed by atoms with Crippen LogP contribution in [0.4, 0.5) is 0 Å². The van der Waals surface area contributed by atoms with Crippen molar-refractivity contribution in [2.24, 2.45) is 0 Å². The Morgan fingerprint density at radius 2 is 0.926 bits per heavy atom. The van der Waals surface area contributed by atoms with E-state index in [2.05, 4.69) is 19.1 Å². The first-order chi connectivity index (χ1) is 13.0. The van der Waals surface area contributed by atoms with Crippen LogP contribution in [0.1, 0.15) is 123 Å². The molecule has 0 bridgehead atoms. The molecule has 4 nitrogen and oxygen atoms in total. The Morgan fingerprint density at radius 1 is 0.556 bits per heavy atom. The summed E-state index contributed by atoms with van der Waals surface area (Å²) < 4.78 is 0. The van der Waals surface area contributed by atoms with Gasteiger partial charge in [-0.1, -0.05) is 83.8 Å². The van der Waals surface area contributed by atoms with Gasteiger partial charge in [0.15, 0.2) is 0 Å². The van der Waals surface area contributed by atoms with Gasteiger partial charge in [-0.25, -0.2) is 0 Å². The lowest BCUT2D eigenvalue weighted by atomic mass is 10.1. The van der Waals surface area contributed by atoms with Crippen molar-refractivity contribution in [3.05, 3.63) is 12.2 Å². The van der Waals surface area contributed by atoms with Crippen molar-refractivity contribution in [2.75, 3.05) is 0 Å². The summed E-state index contributed by atoms with van der Waals surface area (Å²) >= 11 is 0. The van der Waals surface area contributed by atoms with E-state index in [1.54, 1.807) is 0 Å². The van der Waals surface area contributed by atoms with Crippen LogP contribution in [0.25, 0.3) is 0 Å². The van der Waals surface area contributed by atoms with E-state index in [-0.39, 0.29) is 0 Å². The summed E-state index contributed by atoms with van der Waals surface area (Å²) in [5.41, 5.74) is 0. The molecule has 0 rings (SSSR count). The highest BCUT2D eigenvalue weighted by Crippen LogP contribution is 2.09. The van der Waals surface area contributed by atoms with Crippen LogP contribution in [-0.2, 0) is 9.59 Å². The Bertz CT molecular complexity index is 350. The molecule has 0 amide bonds. The lowest BCUT2D eigenvalue weighted by Gasteiger charge is -1.99. The predicted molar refractivity (Wildman–Crippen MR) is 114 cm³/mol. The van der Waals surface area contributed by atoms with E-state index >= 15 is 0 Å². The minimum atomic E-state index is -0.693. The summed E-state index contributed by atoms with van der Waals surface area (Å²) in [5.74, 6) is -1.36. The Hall–Kier alpha value is -1.32. The zero-order valence-corrected chi connectivity index (χ0v) is 17.9. The van der Waals surface area contributed by atoms with Crippen molar-refractivity contribution < 1.29 is 19.8 Å². The normalized spacial score (nSPS) is 10.6. The number of carbonyl (C=O) groups is 2. The first-order valence-electron chi connectivity index (χ1n) is 11.1. The number of carboxylic acid groups (broad SMARTS) is 2. The number of rotatable bonds is 18. The molecule has 0 radical (unpaired) electrons. The van der Waals surface area contributed by atoms with Crippen molar-refractivity contribution >= 4 is 11.9 Å². The minimum Gasteiger partial charge on any atom is -0.481 e. The topological polar surface area (TPSA) is 74.6 Å². The van der Waals surface area contributed by atoms with Crippen LogP contribution in [-0.4, -0.2) is 22.2 Å². The number of allylic oxidation sites excluding steroid dienone is 2. The molecule has 27 heavy (non-hydrogen) atoms. The van der Waals surface area contributed by atoms with Crippen LogP contribution < -0.4 is 0 Å². The van der Waals surface area contributed by atoms with Crippen LogP contribution in [0.3, 0.4) is 0 Å². The molecule has 0 aromatic heterocycles. The largest absolute Gasteiger partial charge is 0.481 e. The fourth-order valence-corrected chi connectivity index (χ4v) is 2.67. The Morgan fingerprint density at radius 3 is 1.33 bits per heavy atom. The third-order valence-electron chi connectivity index (χ3n) is 4.40. The van der Waals surface area contributed by atoms with E-state index in [4.69, 9.17) is 10.2 Å². The molecule has 2 N–H and O–H groups in total. The number of carboxylic acids is 2. The highest BCUT2D eigenvalue weighted by molar-refractivity contribution is 5.66. The molecule has 0 saturated heterocycles. The van der Waals surface area contributed by atoms with Gasteiger partial charge in [-0.3, -0.25) is 9.59 Å². The second kappa shape index (κ2) is 24.7. The van der Waals surface area contributed by atoms with Crippen molar-refractivity contribution in [1.29, 1.82) is 0 Å². The monoisotopic (exact) mass is 384 g/mol. The highest BCUT2D eigenvalue weighted by atomic mass is 16.4. The molecule has 0 spiro atoms. The first-order valence-corrected chi connectivity index (χ1v) is 11.1. The molecule has 0 aliphatic carbocycles. The van der Waals surface area contributed by atoms with Crippen molar-refractivity contribution in [3.8, 4) is 0 Å². The smallest absolute Gasteiger partial charge is 0.303 e. The van der Waals surface area contributed by atoms with E-state index in [1.807, 2.05) is 6.92 Å². The van der Waals surface area contributed by atoms with Gasteiger partial charge in [0.25, 0.3) is 0 Å². The second-order valence-electron chi connectivity index (χ2n) is 7.23. The molecule has 0 atom stereocenters. The van der Waals surface area contributed by atoms with E-state index in [1.165, 1.54) is 70.6 Å². The number of hydrogen-bond donors (Lipinski definition) is 2. The Labute approximate surface area is 167 Å². The molecular weight excluding hydrogens is 340 g/mol. The molecule has 160 valence electrons. The summed E-state index contributed by atoms with van der Waals surface area (Å²) in [7, 11) is 0. The Kier molecular flexibility index (Phi) is 25.5. The number of aliphatic carboxylic acids is 2. The van der Waals surface area contributed by atoms with Crippen LogP contribution >= 0.6 is 0 Å². The summed E-state index contributed by atoms with van der Waals surface area (Å²) in [6.07, 6.45) is 23.3. The average Bonchev–Trinajstić information content (AvgIpc) is 2.63.